The Labute approximate surface area is 198 Å². The Balaban J connectivity index is 1.11. The zero-order valence-electron chi connectivity index (χ0n) is 19.0. The van der Waals surface area contributed by atoms with Crippen LogP contribution in [0.2, 0.25) is 0 Å². The molecule has 1 aromatic heterocycles. The van der Waals surface area contributed by atoms with E-state index in [1.54, 1.807) is 4.90 Å². The predicted molar refractivity (Wildman–Crippen MR) is 123 cm³/mol. The summed E-state index contributed by atoms with van der Waals surface area (Å²) in [4.78, 5) is 45.3. The van der Waals surface area contributed by atoms with E-state index in [-0.39, 0.29) is 30.2 Å². The highest BCUT2D eigenvalue weighted by atomic mass is 16.5. The fourth-order valence-corrected chi connectivity index (χ4v) is 5.85. The number of hydrogen-bond acceptors (Lipinski definition) is 6. The van der Waals surface area contributed by atoms with Crippen LogP contribution in [0, 0.1) is 0 Å². The normalized spacial score (nSPS) is 27.5. The standard InChI is InChI=1S/C26H28N4O4/c31-24-10-9-22(25(32)28-24)30-15-16-12-18(7-8-19(16)26(30)33)34-23-6-3-5-21(23)29-13-17(14-29)20-4-1-2-11-27-20/h1-2,4,7-8,11-12,17,21-23H,3,5-6,9-10,13-15H2,(H,28,31,32)/t21-,22?,23-/m0/s1. The van der Waals surface area contributed by atoms with Crippen molar-refractivity contribution >= 4 is 17.7 Å². The minimum absolute atomic E-state index is 0.131. The van der Waals surface area contributed by atoms with Crippen LogP contribution in [0.1, 0.15) is 59.6 Å². The molecule has 1 unspecified atom stereocenters. The molecule has 3 aliphatic heterocycles. The molecular weight excluding hydrogens is 432 g/mol. The predicted octanol–water partition coefficient (Wildman–Crippen LogP) is 2.24. The number of imide groups is 1. The van der Waals surface area contributed by atoms with E-state index >= 15 is 0 Å². The molecule has 0 spiro atoms. The molecule has 2 saturated heterocycles. The molecular formula is C26H28N4O4. The Morgan fingerprint density at radius 3 is 2.71 bits per heavy atom. The Morgan fingerprint density at radius 1 is 1.03 bits per heavy atom. The lowest BCUT2D eigenvalue weighted by Gasteiger charge is -2.44. The van der Waals surface area contributed by atoms with Crippen LogP contribution >= 0.6 is 0 Å². The summed E-state index contributed by atoms with van der Waals surface area (Å²) >= 11 is 0. The van der Waals surface area contributed by atoms with Gasteiger partial charge in [0.2, 0.25) is 11.8 Å². The molecule has 0 radical (unpaired) electrons. The Morgan fingerprint density at radius 2 is 1.91 bits per heavy atom. The van der Waals surface area contributed by atoms with Crippen molar-refractivity contribution in [2.75, 3.05) is 13.1 Å². The average Bonchev–Trinajstić information content (AvgIpc) is 3.38. The number of likely N-dealkylation sites (tertiary alicyclic amines) is 1. The van der Waals surface area contributed by atoms with Crippen molar-refractivity contribution in [3.05, 3.63) is 59.4 Å². The van der Waals surface area contributed by atoms with Gasteiger partial charge >= 0.3 is 0 Å². The minimum Gasteiger partial charge on any atom is -0.489 e. The third-order valence-electron chi connectivity index (χ3n) is 7.68. The topological polar surface area (TPSA) is 91.8 Å². The number of fused-ring (bicyclic) bond motifs is 1. The van der Waals surface area contributed by atoms with Crippen LogP contribution in [0.4, 0.5) is 0 Å². The summed E-state index contributed by atoms with van der Waals surface area (Å²) < 4.78 is 6.45. The van der Waals surface area contributed by atoms with E-state index in [2.05, 4.69) is 21.3 Å². The second kappa shape index (κ2) is 8.51. The molecule has 1 aromatic carbocycles. The van der Waals surface area contributed by atoms with Crippen LogP contribution in [-0.4, -0.2) is 63.8 Å². The maximum atomic E-state index is 12.9. The summed E-state index contributed by atoms with van der Waals surface area (Å²) in [5, 5.41) is 2.35. The maximum Gasteiger partial charge on any atom is 0.255 e. The molecule has 1 aliphatic carbocycles. The molecule has 8 heteroatoms. The first-order valence-corrected chi connectivity index (χ1v) is 12.2. The van der Waals surface area contributed by atoms with Crippen molar-refractivity contribution < 1.29 is 19.1 Å². The first-order valence-electron chi connectivity index (χ1n) is 12.2. The van der Waals surface area contributed by atoms with Crippen molar-refractivity contribution in [1.29, 1.82) is 0 Å². The second-order valence-corrected chi connectivity index (χ2v) is 9.78. The number of hydrogen-bond donors (Lipinski definition) is 1. The minimum atomic E-state index is -0.598. The highest BCUT2D eigenvalue weighted by molar-refractivity contribution is 6.05. The van der Waals surface area contributed by atoms with Gasteiger partial charge in [-0.1, -0.05) is 6.07 Å². The number of aromatic nitrogens is 1. The van der Waals surface area contributed by atoms with Gasteiger partial charge in [-0.2, -0.15) is 0 Å². The Hall–Kier alpha value is -3.26. The fraction of sp³-hybridized carbons (Fsp3) is 0.462. The lowest BCUT2D eigenvalue weighted by Crippen LogP contribution is -2.54. The van der Waals surface area contributed by atoms with Gasteiger partial charge in [-0.05, 0) is 61.6 Å². The van der Waals surface area contributed by atoms with Gasteiger partial charge in [0.1, 0.15) is 17.9 Å². The van der Waals surface area contributed by atoms with E-state index in [4.69, 9.17) is 4.74 Å². The maximum absolute atomic E-state index is 12.9. The van der Waals surface area contributed by atoms with Crippen molar-refractivity contribution in [2.45, 2.75) is 62.8 Å². The number of carbonyl (C=O) groups excluding carboxylic acids is 3. The second-order valence-electron chi connectivity index (χ2n) is 9.78. The molecule has 34 heavy (non-hydrogen) atoms. The summed E-state index contributed by atoms with van der Waals surface area (Å²) in [5.74, 6) is 0.444. The molecule has 3 fully saturated rings. The highest BCUT2D eigenvalue weighted by Gasteiger charge is 2.42. The molecule has 4 aliphatic rings. The van der Waals surface area contributed by atoms with Crippen LogP contribution in [0.15, 0.2) is 42.6 Å². The third kappa shape index (κ3) is 3.76. The number of piperidine rings is 1. The van der Waals surface area contributed by atoms with Crippen LogP contribution in [0.5, 0.6) is 5.75 Å². The number of pyridine rings is 1. The van der Waals surface area contributed by atoms with E-state index in [0.717, 1.165) is 49.4 Å². The SMILES string of the molecule is O=C1CCC(N2Cc3cc(O[C@H]4CCC[C@@H]4N4CC(c5ccccn5)C4)ccc3C2=O)C(=O)N1. The summed E-state index contributed by atoms with van der Waals surface area (Å²) in [6, 6.07) is 11.5. The van der Waals surface area contributed by atoms with Gasteiger partial charge in [0, 0.05) is 55.5 Å². The lowest BCUT2D eigenvalue weighted by molar-refractivity contribution is -0.136. The highest BCUT2D eigenvalue weighted by Crippen LogP contribution is 2.37. The molecule has 8 nitrogen and oxygen atoms in total. The van der Waals surface area contributed by atoms with Crippen LogP contribution < -0.4 is 10.1 Å². The zero-order valence-corrected chi connectivity index (χ0v) is 19.0. The largest absolute Gasteiger partial charge is 0.489 e. The van der Waals surface area contributed by atoms with Crippen molar-refractivity contribution in [3.8, 4) is 5.75 Å². The number of nitrogens with one attached hydrogen (secondary N) is 1. The molecule has 3 atom stereocenters. The molecule has 1 N–H and O–H groups in total. The molecule has 0 bridgehead atoms. The van der Waals surface area contributed by atoms with Crippen LogP contribution in [-0.2, 0) is 16.1 Å². The number of rotatable bonds is 5. The Kier molecular flexibility index (Phi) is 5.32. The van der Waals surface area contributed by atoms with Gasteiger partial charge in [0.15, 0.2) is 0 Å². The summed E-state index contributed by atoms with van der Waals surface area (Å²) in [6.45, 7) is 2.39. The summed E-state index contributed by atoms with van der Waals surface area (Å²) in [6.07, 6.45) is 5.91. The number of benzene rings is 1. The third-order valence-corrected chi connectivity index (χ3v) is 7.68. The fourth-order valence-electron chi connectivity index (χ4n) is 5.85. The van der Waals surface area contributed by atoms with Gasteiger partial charge < -0.3 is 9.64 Å². The first-order chi connectivity index (χ1) is 16.6. The van der Waals surface area contributed by atoms with Gasteiger partial charge in [-0.15, -0.1) is 0 Å². The van der Waals surface area contributed by atoms with Crippen molar-refractivity contribution in [3.63, 3.8) is 0 Å². The smallest absolute Gasteiger partial charge is 0.255 e. The zero-order chi connectivity index (χ0) is 23.2. The van der Waals surface area contributed by atoms with E-state index < -0.39 is 6.04 Å². The number of ether oxygens (including phenoxy) is 1. The lowest BCUT2D eigenvalue weighted by atomic mass is 9.93. The van der Waals surface area contributed by atoms with E-state index in [9.17, 15) is 14.4 Å². The molecule has 2 aromatic rings. The molecule has 1 saturated carbocycles. The van der Waals surface area contributed by atoms with Gasteiger partial charge in [0.05, 0.1) is 0 Å². The molecule has 3 amide bonds. The first kappa shape index (κ1) is 21.3. The summed E-state index contributed by atoms with van der Waals surface area (Å²) in [7, 11) is 0. The van der Waals surface area contributed by atoms with Gasteiger partial charge in [-0.3, -0.25) is 29.6 Å². The van der Waals surface area contributed by atoms with E-state index in [0.29, 0.717) is 30.5 Å². The van der Waals surface area contributed by atoms with Crippen LogP contribution in [0.3, 0.4) is 0 Å². The van der Waals surface area contributed by atoms with Crippen molar-refractivity contribution in [1.82, 2.24) is 20.1 Å². The average molecular weight is 461 g/mol. The van der Waals surface area contributed by atoms with Crippen LogP contribution in [0.25, 0.3) is 0 Å². The molecule has 176 valence electrons. The number of carbonyl (C=O) groups is 3. The summed E-state index contributed by atoms with van der Waals surface area (Å²) in [5.41, 5.74) is 2.65. The molecule has 4 heterocycles. The Bertz CT molecular complexity index is 1130. The molecule has 6 rings (SSSR count). The number of amides is 3. The van der Waals surface area contributed by atoms with Gasteiger partial charge in [-0.25, -0.2) is 0 Å². The van der Waals surface area contributed by atoms with Crippen molar-refractivity contribution in [2.24, 2.45) is 0 Å². The quantitative estimate of drug-likeness (QED) is 0.688. The van der Waals surface area contributed by atoms with E-state index in [1.165, 1.54) is 0 Å². The van der Waals surface area contributed by atoms with E-state index in [1.807, 2.05) is 36.5 Å². The number of nitrogens with zero attached hydrogens (tertiary/aromatic N) is 3. The monoisotopic (exact) mass is 460 g/mol. The van der Waals surface area contributed by atoms with Gasteiger partial charge in [0.25, 0.3) is 5.91 Å².